The van der Waals surface area contributed by atoms with Crippen LogP contribution in [0.3, 0.4) is 0 Å². The monoisotopic (exact) mass is 328 g/mol. The average Bonchev–Trinajstić information content (AvgIpc) is 3.21. The van der Waals surface area contributed by atoms with E-state index in [-0.39, 0.29) is 6.04 Å². The van der Waals surface area contributed by atoms with E-state index >= 15 is 0 Å². The van der Waals surface area contributed by atoms with Crippen LogP contribution in [0.1, 0.15) is 42.1 Å². The quantitative estimate of drug-likeness (QED) is 0.776. The molecule has 6 nitrogen and oxygen atoms in total. The van der Waals surface area contributed by atoms with E-state index < -0.39 is 0 Å². The second-order valence-corrected chi connectivity index (χ2v) is 7.28. The van der Waals surface area contributed by atoms with Crippen LogP contribution in [0.5, 0.6) is 0 Å². The lowest BCUT2D eigenvalue weighted by Gasteiger charge is -2.19. The van der Waals surface area contributed by atoms with Gasteiger partial charge in [-0.3, -0.25) is 0 Å². The van der Waals surface area contributed by atoms with Crippen LogP contribution in [0.2, 0.25) is 0 Å². The van der Waals surface area contributed by atoms with Crippen LogP contribution in [0.15, 0.2) is 12.7 Å². The molecule has 1 aliphatic carbocycles. The van der Waals surface area contributed by atoms with Crippen molar-refractivity contribution < 1.29 is 0 Å². The average molecular weight is 328 g/mol. The summed E-state index contributed by atoms with van der Waals surface area (Å²) in [5.74, 6) is 2.53. The van der Waals surface area contributed by atoms with E-state index in [1.807, 2.05) is 4.68 Å². The Hall–Kier alpha value is -2.02. The van der Waals surface area contributed by atoms with Gasteiger partial charge in [-0.15, -0.1) is 11.3 Å². The molecule has 3 heterocycles. The molecular formula is C16H20N6S. The number of hydrogen-bond donors (Lipinski definition) is 1. The van der Waals surface area contributed by atoms with Gasteiger partial charge in [0.25, 0.3) is 0 Å². The summed E-state index contributed by atoms with van der Waals surface area (Å²) in [5.41, 5.74) is 1.26. The van der Waals surface area contributed by atoms with Gasteiger partial charge in [-0.2, -0.15) is 5.10 Å². The highest BCUT2D eigenvalue weighted by molar-refractivity contribution is 7.18. The summed E-state index contributed by atoms with van der Waals surface area (Å²) in [7, 11) is 0. The van der Waals surface area contributed by atoms with Crippen LogP contribution < -0.4 is 5.32 Å². The van der Waals surface area contributed by atoms with E-state index in [4.69, 9.17) is 0 Å². The number of nitrogens with one attached hydrogen (secondary N) is 1. The molecule has 1 unspecified atom stereocenters. The standard InChI is InChI=1S/C16H20N6S/c1-4-22-15(18-8-20-22)13(11-5-6-11)21-14-12-9(2)10(3)23-16(12)19-7-17-14/h7-8,11,13H,4-6H2,1-3H3,(H,17,19,21). The Morgan fingerprint density at radius 1 is 1.26 bits per heavy atom. The Kier molecular flexibility index (Phi) is 3.52. The van der Waals surface area contributed by atoms with Crippen molar-refractivity contribution in [1.82, 2.24) is 24.7 Å². The molecule has 3 aromatic heterocycles. The lowest BCUT2D eigenvalue weighted by Crippen LogP contribution is -2.19. The van der Waals surface area contributed by atoms with Crippen LogP contribution in [0, 0.1) is 19.8 Å². The summed E-state index contributed by atoms with van der Waals surface area (Å²) < 4.78 is 1.97. The predicted octanol–water partition coefficient (Wildman–Crippen LogP) is 3.48. The maximum atomic E-state index is 4.52. The molecular weight excluding hydrogens is 308 g/mol. The van der Waals surface area contributed by atoms with Crippen molar-refractivity contribution >= 4 is 27.4 Å². The number of rotatable bonds is 5. The fourth-order valence-electron chi connectivity index (χ4n) is 3.02. The lowest BCUT2D eigenvalue weighted by atomic mass is 10.1. The third-order valence-electron chi connectivity index (χ3n) is 4.57. The minimum atomic E-state index is 0.162. The van der Waals surface area contributed by atoms with Gasteiger partial charge in [0.05, 0.1) is 11.4 Å². The highest BCUT2D eigenvalue weighted by Crippen LogP contribution is 2.43. The van der Waals surface area contributed by atoms with Gasteiger partial charge in [0.15, 0.2) is 0 Å². The number of aryl methyl sites for hydroxylation is 3. The van der Waals surface area contributed by atoms with Gasteiger partial charge in [0, 0.05) is 11.4 Å². The van der Waals surface area contributed by atoms with Gasteiger partial charge in [0.2, 0.25) is 0 Å². The molecule has 1 atom stereocenters. The largest absolute Gasteiger partial charge is 0.359 e. The van der Waals surface area contributed by atoms with Crippen LogP contribution in [-0.2, 0) is 6.54 Å². The van der Waals surface area contributed by atoms with E-state index in [9.17, 15) is 0 Å². The predicted molar refractivity (Wildman–Crippen MR) is 91.7 cm³/mol. The van der Waals surface area contributed by atoms with Crippen molar-refractivity contribution in [3.8, 4) is 0 Å². The first-order chi connectivity index (χ1) is 11.2. The van der Waals surface area contributed by atoms with Crippen LogP contribution in [0.4, 0.5) is 5.82 Å². The van der Waals surface area contributed by atoms with Crippen molar-refractivity contribution in [2.24, 2.45) is 5.92 Å². The minimum Gasteiger partial charge on any atom is -0.359 e. The number of fused-ring (bicyclic) bond motifs is 1. The Labute approximate surface area is 139 Å². The highest BCUT2D eigenvalue weighted by atomic mass is 32.1. The third-order valence-corrected chi connectivity index (χ3v) is 5.69. The van der Waals surface area contributed by atoms with Crippen LogP contribution in [0.25, 0.3) is 10.2 Å². The molecule has 7 heteroatoms. The van der Waals surface area contributed by atoms with Crippen LogP contribution >= 0.6 is 11.3 Å². The summed E-state index contributed by atoms with van der Waals surface area (Å²) in [5, 5.41) is 9.12. The van der Waals surface area contributed by atoms with E-state index in [0.29, 0.717) is 5.92 Å². The number of anilines is 1. The van der Waals surface area contributed by atoms with Gasteiger partial charge < -0.3 is 5.32 Å². The van der Waals surface area contributed by atoms with Crippen molar-refractivity contribution in [1.29, 1.82) is 0 Å². The molecule has 3 aromatic rings. The molecule has 1 aliphatic rings. The molecule has 23 heavy (non-hydrogen) atoms. The second kappa shape index (κ2) is 5.56. The van der Waals surface area contributed by atoms with Crippen molar-refractivity contribution in [3.63, 3.8) is 0 Å². The maximum absolute atomic E-state index is 4.52. The number of nitrogens with zero attached hydrogens (tertiary/aromatic N) is 5. The fourth-order valence-corrected chi connectivity index (χ4v) is 4.02. The normalized spacial score (nSPS) is 16.0. The molecule has 120 valence electrons. The van der Waals surface area contributed by atoms with Gasteiger partial charge >= 0.3 is 0 Å². The number of aromatic nitrogens is 5. The van der Waals surface area contributed by atoms with Crippen molar-refractivity contribution in [2.75, 3.05) is 5.32 Å². The zero-order chi connectivity index (χ0) is 16.0. The number of thiophene rings is 1. The Morgan fingerprint density at radius 2 is 2.09 bits per heavy atom. The molecule has 0 spiro atoms. The van der Waals surface area contributed by atoms with Gasteiger partial charge in [0.1, 0.15) is 29.1 Å². The van der Waals surface area contributed by atoms with E-state index in [0.717, 1.165) is 28.4 Å². The molecule has 0 bridgehead atoms. The molecule has 0 saturated heterocycles. The SMILES string of the molecule is CCn1ncnc1C(Nc1ncnc2sc(C)c(C)c12)C1CC1. The molecule has 0 aliphatic heterocycles. The summed E-state index contributed by atoms with van der Waals surface area (Å²) in [6.45, 7) is 7.20. The molecule has 0 aromatic carbocycles. The van der Waals surface area contributed by atoms with Crippen molar-refractivity contribution in [3.05, 3.63) is 28.9 Å². The minimum absolute atomic E-state index is 0.162. The smallest absolute Gasteiger partial charge is 0.149 e. The fraction of sp³-hybridized carbons (Fsp3) is 0.500. The first kappa shape index (κ1) is 14.6. The summed E-state index contributed by atoms with van der Waals surface area (Å²) in [4.78, 5) is 15.8. The van der Waals surface area contributed by atoms with Gasteiger partial charge in [-0.05, 0) is 45.1 Å². The summed E-state index contributed by atoms with van der Waals surface area (Å²) in [6.07, 6.45) is 5.74. The number of hydrogen-bond acceptors (Lipinski definition) is 6. The highest BCUT2D eigenvalue weighted by Gasteiger charge is 2.36. The maximum Gasteiger partial charge on any atom is 0.149 e. The Morgan fingerprint density at radius 3 is 2.83 bits per heavy atom. The summed E-state index contributed by atoms with van der Waals surface area (Å²) in [6, 6.07) is 0.162. The zero-order valence-electron chi connectivity index (χ0n) is 13.6. The Balaban J connectivity index is 1.76. The van der Waals surface area contributed by atoms with Gasteiger partial charge in [-0.25, -0.2) is 19.6 Å². The lowest BCUT2D eigenvalue weighted by molar-refractivity contribution is 0.544. The molecule has 0 radical (unpaired) electrons. The molecule has 1 saturated carbocycles. The molecule has 1 N–H and O–H groups in total. The Bertz CT molecular complexity index is 847. The molecule has 0 amide bonds. The molecule has 1 fully saturated rings. The van der Waals surface area contributed by atoms with E-state index in [2.05, 4.69) is 46.1 Å². The first-order valence-electron chi connectivity index (χ1n) is 8.04. The zero-order valence-corrected chi connectivity index (χ0v) is 14.4. The van der Waals surface area contributed by atoms with E-state index in [1.54, 1.807) is 24.0 Å². The van der Waals surface area contributed by atoms with Gasteiger partial charge in [-0.1, -0.05) is 0 Å². The second-order valence-electron chi connectivity index (χ2n) is 6.08. The van der Waals surface area contributed by atoms with E-state index in [1.165, 1.54) is 23.3 Å². The van der Waals surface area contributed by atoms with Crippen molar-refractivity contribution in [2.45, 2.75) is 46.2 Å². The van der Waals surface area contributed by atoms with Crippen LogP contribution in [-0.4, -0.2) is 24.7 Å². The first-order valence-corrected chi connectivity index (χ1v) is 8.85. The molecule has 4 rings (SSSR count). The third kappa shape index (κ3) is 2.49. The summed E-state index contributed by atoms with van der Waals surface area (Å²) >= 11 is 1.72. The topological polar surface area (TPSA) is 68.5 Å².